The molecule has 26 heavy (non-hydrogen) atoms. The summed E-state index contributed by atoms with van der Waals surface area (Å²) in [6, 6.07) is 0. The normalized spacial score (nSPS) is 41.3. The highest BCUT2D eigenvalue weighted by molar-refractivity contribution is 5.91. The van der Waals surface area contributed by atoms with Crippen LogP contribution in [0.4, 0.5) is 0 Å². The second-order valence-electron chi connectivity index (χ2n) is 7.44. The summed E-state index contributed by atoms with van der Waals surface area (Å²) in [5.74, 6) is -1.60. The van der Waals surface area contributed by atoms with E-state index in [1.165, 1.54) is 0 Å². The van der Waals surface area contributed by atoms with Crippen LogP contribution >= 0.6 is 0 Å². The minimum absolute atomic E-state index is 0.149. The molecule has 0 saturated carbocycles. The minimum atomic E-state index is -1.10. The number of epoxide rings is 1. The Labute approximate surface area is 151 Å². The molecule has 6 atom stereocenters. The number of aliphatic hydroxyl groups excluding tert-OH is 1. The molecule has 3 saturated heterocycles. The van der Waals surface area contributed by atoms with Crippen molar-refractivity contribution in [3.05, 3.63) is 36.0 Å². The van der Waals surface area contributed by atoms with Crippen LogP contribution in [0.15, 0.2) is 36.0 Å². The van der Waals surface area contributed by atoms with Crippen LogP contribution in [0.5, 0.6) is 0 Å². The van der Waals surface area contributed by atoms with E-state index >= 15 is 0 Å². The average molecular weight is 362 g/mol. The maximum atomic E-state index is 12.2. The van der Waals surface area contributed by atoms with E-state index in [9.17, 15) is 14.7 Å². The largest absolute Gasteiger partial charge is 0.458 e. The van der Waals surface area contributed by atoms with Crippen molar-refractivity contribution in [3.8, 4) is 0 Å². The first-order valence-corrected chi connectivity index (χ1v) is 8.75. The molecule has 0 aromatic carbocycles. The fourth-order valence-corrected chi connectivity index (χ4v) is 4.09. The van der Waals surface area contributed by atoms with Crippen molar-refractivity contribution in [2.75, 3.05) is 6.61 Å². The van der Waals surface area contributed by atoms with Gasteiger partial charge in [-0.3, -0.25) is 0 Å². The summed E-state index contributed by atoms with van der Waals surface area (Å²) in [5.41, 5.74) is 0.513. The van der Waals surface area contributed by atoms with Crippen molar-refractivity contribution < 1.29 is 33.6 Å². The SMILES string of the molecule is C=C(C)C(=O)O[C@H]1C=C2CC[C@H]3O[C@]3(C[C@@H]3OC(=O)C(=C)[C@@H]13)[C@@H](O)OC2. The maximum absolute atomic E-state index is 12.2. The molecule has 0 aromatic rings. The summed E-state index contributed by atoms with van der Waals surface area (Å²) in [5, 5.41) is 10.4. The van der Waals surface area contributed by atoms with E-state index in [4.69, 9.17) is 18.9 Å². The maximum Gasteiger partial charge on any atom is 0.334 e. The number of hydrogen-bond donors (Lipinski definition) is 1. The third kappa shape index (κ3) is 2.71. The molecule has 7 heteroatoms. The van der Waals surface area contributed by atoms with E-state index in [0.717, 1.165) is 12.0 Å². The van der Waals surface area contributed by atoms with Crippen molar-refractivity contribution in [3.63, 3.8) is 0 Å². The van der Waals surface area contributed by atoms with Gasteiger partial charge in [-0.1, -0.05) is 13.2 Å². The lowest BCUT2D eigenvalue weighted by Gasteiger charge is -2.32. The molecule has 7 nitrogen and oxygen atoms in total. The van der Waals surface area contributed by atoms with Gasteiger partial charge in [0.05, 0.1) is 18.6 Å². The third-order valence-electron chi connectivity index (χ3n) is 5.61. The molecule has 0 radical (unpaired) electrons. The van der Waals surface area contributed by atoms with Crippen molar-refractivity contribution in [1.82, 2.24) is 0 Å². The van der Waals surface area contributed by atoms with Gasteiger partial charge >= 0.3 is 11.9 Å². The fraction of sp³-hybridized carbons (Fsp3) is 0.579. The molecule has 0 aromatic heterocycles. The number of aliphatic hydroxyl groups is 1. The number of ether oxygens (including phenoxy) is 4. The highest BCUT2D eigenvalue weighted by Crippen LogP contribution is 2.52. The van der Waals surface area contributed by atoms with Gasteiger partial charge in [-0.2, -0.15) is 0 Å². The van der Waals surface area contributed by atoms with Crippen LogP contribution in [0.25, 0.3) is 0 Å². The molecular weight excluding hydrogens is 340 g/mol. The lowest BCUT2D eigenvalue weighted by Crippen LogP contribution is -2.44. The zero-order valence-electron chi connectivity index (χ0n) is 14.6. The van der Waals surface area contributed by atoms with E-state index < -0.39 is 42.0 Å². The van der Waals surface area contributed by atoms with Gasteiger partial charge < -0.3 is 24.1 Å². The average Bonchev–Trinajstić information content (AvgIpc) is 3.20. The van der Waals surface area contributed by atoms with E-state index in [1.807, 2.05) is 0 Å². The van der Waals surface area contributed by atoms with Crippen molar-refractivity contribution in [1.29, 1.82) is 0 Å². The lowest BCUT2D eigenvalue weighted by atomic mass is 9.81. The van der Waals surface area contributed by atoms with Crippen molar-refractivity contribution >= 4 is 11.9 Å². The summed E-state index contributed by atoms with van der Waals surface area (Å²) >= 11 is 0. The molecule has 5 aliphatic rings. The Balaban J connectivity index is 1.75. The van der Waals surface area contributed by atoms with Gasteiger partial charge in [-0.05, 0) is 31.4 Å². The van der Waals surface area contributed by atoms with Crippen LogP contribution in [-0.2, 0) is 28.5 Å². The summed E-state index contributed by atoms with van der Waals surface area (Å²) in [4.78, 5) is 24.3. The Bertz CT molecular complexity index is 723. The van der Waals surface area contributed by atoms with Crippen molar-refractivity contribution in [2.24, 2.45) is 5.92 Å². The number of carbonyl (C=O) groups is 2. The zero-order valence-corrected chi connectivity index (χ0v) is 14.6. The quantitative estimate of drug-likeness (QED) is 0.341. The number of esters is 2. The van der Waals surface area contributed by atoms with Crippen LogP contribution in [0.2, 0.25) is 0 Å². The molecule has 0 amide bonds. The smallest absolute Gasteiger partial charge is 0.334 e. The van der Waals surface area contributed by atoms with Gasteiger partial charge in [0, 0.05) is 17.6 Å². The van der Waals surface area contributed by atoms with Crippen LogP contribution in [-0.4, -0.2) is 53.9 Å². The first-order chi connectivity index (χ1) is 12.3. The van der Waals surface area contributed by atoms with Crippen LogP contribution in [0, 0.1) is 5.92 Å². The Morgan fingerprint density at radius 2 is 2.23 bits per heavy atom. The van der Waals surface area contributed by atoms with Crippen LogP contribution in [0.1, 0.15) is 26.2 Å². The van der Waals surface area contributed by atoms with Gasteiger partial charge in [-0.15, -0.1) is 0 Å². The van der Waals surface area contributed by atoms with E-state index in [2.05, 4.69) is 13.2 Å². The second kappa shape index (κ2) is 6.04. The first kappa shape index (κ1) is 17.5. The molecule has 1 spiro atoms. The molecule has 0 unspecified atom stereocenters. The first-order valence-electron chi connectivity index (χ1n) is 8.75. The van der Waals surface area contributed by atoms with Gasteiger partial charge in [0.15, 0.2) is 6.29 Å². The Hall–Kier alpha value is -1.96. The summed E-state index contributed by atoms with van der Waals surface area (Å²) < 4.78 is 22.5. The van der Waals surface area contributed by atoms with Gasteiger partial charge in [0.1, 0.15) is 17.8 Å². The molecule has 3 fully saturated rings. The van der Waals surface area contributed by atoms with Gasteiger partial charge in [0.25, 0.3) is 0 Å². The molecule has 5 rings (SSSR count). The number of hydrogen-bond acceptors (Lipinski definition) is 7. The molecule has 2 bridgehead atoms. The standard InChI is InChI=1S/C19H22O7/c1-9(2)16(20)24-12-6-11-4-5-14-19(26-14,18(22)23-8-11)7-13-15(12)10(3)17(21)25-13/h6,12-15,18,22H,1,3-5,7-8H2,2H3/t12-,13-,14+,15-,18-,19-/m0/s1. The van der Waals surface area contributed by atoms with Gasteiger partial charge in [-0.25, -0.2) is 9.59 Å². The van der Waals surface area contributed by atoms with E-state index in [-0.39, 0.29) is 30.3 Å². The lowest BCUT2D eigenvalue weighted by molar-refractivity contribution is -0.159. The zero-order chi connectivity index (χ0) is 18.6. The third-order valence-corrected chi connectivity index (χ3v) is 5.61. The Morgan fingerprint density at radius 3 is 2.96 bits per heavy atom. The van der Waals surface area contributed by atoms with Gasteiger partial charge in [0.2, 0.25) is 0 Å². The topological polar surface area (TPSA) is 94.6 Å². The monoisotopic (exact) mass is 362 g/mol. The second-order valence-corrected chi connectivity index (χ2v) is 7.44. The van der Waals surface area contributed by atoms with Crippen LogP contribution in [0.3, 0.4) is 0 Å². The number of rotatable bonds is 2. The molecule has 1 N–H and O–H groups in total. The van der Waals surface area contributed by atoms with Crippen molar-refractivity contribution in [2.45, 2.75) is 56.4 Å². The van der Waals surface area contributed by atoms with E-state index in [0.29, 0.717) is 6.42 Å². The number of carbonyl (C=O) groups excluding carboxylic acids is 2. The summed E-state index contributed by atoms with van der Waals surface area (Å²) in [7, 11) is 0. The predicted octanol–water partition coefficient (Wildman–Crippen LogP) is 1.17. The fourth-order valence-electron chi connectivity index (χ4n) is 4.09. The molecular formula is C19H22O7. The minimum Gasteiger partial charge on any atom is -0.458 e. The highest BCUT2D eigenvalue weighted by atomic mass is 16.7. The predicted molar refractivity (Wildman–Crippen MR) is 88.7 cm³/mol. The Morgan fingerprint density at radius 1 is 1.46 bits per heavy atom. The van der Waals surface area contributed by atoms with Crippen LogP contribution < -0.4 is 0 Å². The molecule has 4 aliphatic heterocycles. The summed E-state index contributed by atoms with van der Waals surface area (Å²) in [6.45, 7) is 9.23. The summed E-state index contributed by atoms with van der Waals surface area (Å²) in [6.07, 6.45) is 0.887. The Kier molecular flexibility index (Phi) is 4.06. The highest BCUT2D eigenvalue weighted by Gasteiger charge is 2.65. The molecule has 4 heterocycles. The molecule has 1 aliphatic carbocycles. The number of fused-ring (bicyclic) bond motifs is 4. The molecule has 140 valence electrons. The van der Waals surface area contributed by atoms with E-state index in [1.54, 1.807) is 13.0 Å².